The number of nitrogens with two attached hydrogens (primary N) is 1. The van der Waals surface area contributed by atoms with Crippen LogP contribution in [0.1, 0.15) is 59.8 Å². The number of amides is 1. The monoisotopic (exact) mass is 254 g/mol. The van der Waals surface area contributed by atoms with Gasteiger partial charge in [-0.15, -0.1) is 0 Å². The molecule has 0 bridgehead atoms. The summed E-state index contributed by atoms with van der Waals surface area (Å²) in [7, 11) is 0. The first-order chi connectivity index (χ1) is 8.43. The molecule has 106 valence electrons. The second kappa shape index (κ2) is 7.13. The van der Waals surface area contributed by atoms with E-state index in [1.807, 2.05) is 6.92 Å². The van der Waals surface area contributed by atoms with Crippen LogP contribution in [0, 0.1) is 11.8 Å². The first kappa shape index (κ1) is 15.5. The van der Waals surface area contributed by atoms with Gasteiger partial charge < -0.3 is 10.6 Å². The summed E-state index contributed by atoms with van der Waals surface area (Å²) in [6.07, 6.45) is 5.40. The lowest BCUT2D eigenvalue weighted by Gasteiger charge is -2.30. The molecule has 1 saturated heterocycles. The minimum atomic E-state index is 0.156. The number of nitrogens with zero attached hydrogens (tertiary/aromatic N) is 1. The number of likely N-dealkylation sites (tertiary alicyclic amines) is 1. The highest BCUT2D eigenvalue weighted by atomic mass is 16.2. The minimum absolute atomic E-state index is 0.156. The van der Waals surface area contributed by atoms with Crippen molar-refractivity contribution in [3.8, 4) is 0 Å². The van der Waals surface area contributed by atoms with E-state index >= 15 is 0 Å². The summed E-state index contributed by atoms with van der Waals surface area (Å²) in [6, 6.07) is 0.718. The van der Waals surface area contributed by atoms with Crippen molar-refractivity contribution in [2.45, 2.75) is 71.9 Å². The fourth-order valence-electron chi connectivity index (χ4n) is 2.91. The molecule has 3 atom stereocenters. The highest BCUT2D eigenvalue weighted by molar-refractivity contribution is 5.79. The van der Waals surface area contributed by atoms with Crippen LogP contribution in [0.15, 0.2) is 0 Å². The molecule has 2 N–H and O–H groups in total. The molecule has 0 aromatic rings. The van der Waals surface area contributed by atoms with Gasteiger partial charge >= 0.3 is 0 Å². The van der Waals surface area contributed by atoms with Crippen molar-refractivity contribution in [1.29, 1.82) is 0 Å². The second-order valence-corrected chi connectivity index (χ2v) is 6.29. The first-order valence-corrected chi connectivity index (χ1v) is 7.49. The zero-order valence-electron chi connectivity index (χ0n) is 12.5. The number of hydrogen-bond donors (Lipinski definition) is 1. The molecule has 0 aliphatic carbocycles. The highest BCUT2D eigenvalue weighted by Crippen LogP contribution is 2.26. The molecule has 0 saturated carbocycles. The number of hydrogen-bond acceptors (Lipinski definition) is 2. The minimum Gasteiger partial charge on any atom is -0.339 e. The van der Waals surface area contributed by atoms with Crippen LogP contribution in [0.5, 0.6) is 0 Å². The van der Waals surface area contributed by atoms with Gasteiger partial charge in [-0.25, -0.2) is 0 Å². The van der Waals surface area contributed by atoms with E-state index in [-0.39, 0.29) is 12.0 Å². The highest BCUT2D eigenvalue weighted by Gasteiger charge is 2.32. The van der Waals surface area contributed by atoms with E-state index < -0.39 is 0 Å². The lowest BCUT2D eigenvalue weighted by Crippen LogP contribution is -2.41. The molecule has 1 aliphatic heterocycles. The first-order valence-electron chi connectivity index (χ1n) is 7.49. The summed E-state index contributed by atoms with van der Waals surface area (Å²) in [5.41, 5.74) is 5.74. The summed E-state index contributed by atoms with van der Waals surface area (Å²) in [5, 5.41) is 0. The lowest BCUT2D eigenvalue weighted by molar-refractivity contribution is -0.136. The van der Waals surface area contributed by atoms with Crippen LogP contribution < -0.4 is 5.73 Å². The predicted molar refractivity (Wildman–Crippen MR) is 76.2 cm³/mol. The van der Waals surface area contributed by atoms with Crippen LogP contribution in [0.25, 0.3) is 0 Å². The average Bonchev–Trinajstić information content (AvgIpc) is 2.76. The molecule has 0 aromatic carbocycles. The SMILES string of the molecule is CC(N)CCCC(C)C(=O)N1CCCC1C(C)C. The molecule has 3 unspecified atom stereocenters. The Morgan fingerprint density at radius 1 is 1.28 bits per heavy atom. The Morgan fingerprint density at radius 2 is 1.94 bits per heavy atom. The van der Waals surface area contributed by atoms with Crippen molar-refractivity contribution in [3.63, 3.8) is 0 Å². The van der Waals surface area contributed by atoms with Crippen LogP contribution in [0.4, 0.5) is 0 Å². The zero-order chi connectivity index (χ0) is 13.7. The van der Waals surface area contributed by atoms with Crippen molar-refractivity contribution in [1.82, 2.24) is 4.90 Å². The molecule has 1 aliphatic rings. The molecule has 1 fully saturated rings. The largest absolute Gasteiger partial charge is 0.339 e. The topological polar surface area (TPSA) is 46.3 Å². The van der Waals surface area contributed by atoms with Crippen LogP contribution in [0.2, 0.25) is 0 Å². The normalized spacial score (nSPS) is 23.4. The van der Waals surface area contributed by atoms with E-state index in [9.17, 15) is 4.79 Å². The molecule has 0 spiro atoms. The summed E-state index contributed by atoms with van der Waals surface area (Å²) >= 11 is 0. The van der Waals surface area contributed by atoms with Crippen LogP contribution in [-0.4, -0.2) is 29.4 Å². The number of carbonyl (C=O) groups is 1. The van der Waals surface area contributed by atoms with Crippen molar-refractivity contribution in [2.24, 2.45) is 17.6 Å². The van der Waals surface area contributed by atoms with Gasteiger partial charge in [0.1, 0.15) is 0 Å². The van der Waals surface area contributed by atoms with Crippen LogP contribution in [0.3, 0.4) is 0 Å². The molecular formula is C15H30N2O. The van der Waals surface area contributed by atoms with E-state index in [1.165, 1.54) is 12.8 Å². The van der Waals surface area contributed by atoms with Gasteiger partial charge in [-0.2, -0.15) is 0 Å². The van der Waals surface area contributed by atoms with E-state index in [0.717, 1.165) is 25.8 Å². The summed E-state index contributed by atoms with van der Waals surface area (Å²) < 4.78 is 0. The predicted octanol–water partition coefficient (Wildman–Crippen LogP) is 2.79. The molecule has 1 amide bonds. The smallest absolute Gasteiger partial charge is 0.225 e. The second-order valence-electron chi connectivity index (χ2n) is 6.29. The number of rotatable bonds is 6. The molecule has 3 nitrogen and oxygen atoms in total. The maximum Gasteiger partial charge on any atom is 0.225 e. The lowest BCUT2D eigenvalue weighted by atomic mass is 9.98. The Labute approximate surface area is 112 Å². The van der Waals surface area contributed by atoms with Gasteiger partial charge in [0.25, 0.3) is 0 Å². The maximum absolute atomic E-state index is 12.4. The van der Waals surface area contributed by atoms with Crippen molar-refractivity contribution in [3.05, 3.63) is 0 Å². The quantitative estimate of drug-likeness (QED) is 0.792. The molecule has 0 aromatic heterocycles. The fourth-order valence-corrected chi connectivity index (χ4v) is 2.91. The van der Waals surface area contributed by atoms with Gasteiger partial charge in [-0.05, 0) is 38.5 Å². The van der Waals surface area contributed by atoms with Crippen LogP contribution in [-0.2, 0) is 4.79 Å². The van der Waals surface area contributed by atoms with Gasteiger partial charge in [-0.3, -0.25) is 4.79 Å². The van der Waals surface area contributed by atoms with Gasteiger partial charge in [0, 0.05) is 24.5 Å². The van der Waals surface area contributed by atoms with Crippen molar-refractivity contribution >= 4 is 5.91 Å². The standard InChI is InChI=1S/C15H30N2O/c1-11(2)14-9-6-10-17(14)15(18)12(3)7-5-8-13(4)16/h11-14H,5-10,16H2,1-4H3. The van der Waals surface area contributed by atoms with Gasteiger partial charge in [-0.1, -0.05) is 27.2 Å². The Morgan fingerprint density at radius 3 is 2.50 bits per heavy atom. The zero-order valence-corrected chi connectivity index (χ0v) is 12.5. The third kappa shape index (κ3) is 4.27. The molecule has 0 radical (unpaired) electrons. The summed E-state index contributed by atoms with van der Waals surface area (Å²) in [4.78, 5) is 14.6. The Kier molecular flexibility index (Phi) is 6.13. The summed E-state index contributed by atoms with van der Waals surface area (Å²) in [5.74, 6) is 1.09. The van der Waals surface area contributed by atoms with E-state index in [2.05, 4.69) is 25.7 Å². The molecule has 1 rings (SSSR count). The Bertz CT molecular complexity index is 263. The van der Waals surface area contributed by atoms with Crippen molar-refractivity contribution < 1.29 is 4.79 Å². The van der Waals surface area contributed by atoms with Gasteiger partial charge in [0.05, 0.1) is 0 Å². The summed E-state index contributed by atoms with van der Waals surface area (Å²) in [6.45, 7) is 9.49. The molecule has 1 heterocycles. The van der Waals surface area contributed by atoms with E-state index in [4.69, 9.17) is 5.73 Å². The van der Waals surface area contributed by atoms with E-state index in [1.54, 1.807) is 0 Å². The fraction of sp³-hybridized carbons (Fsp3) is 0.933. The van der Waals surface area contributed by atoms with Crippen LogP contribution >= 0.6 is 0 Å². The van der Waals surface area contributed by atoms with Gasteiger partial charge in [0.15, 0.2) is 0 Å². The van der Waals surface area contributed by atoms with E-state index in [0.29, 0.717) is 17.9 Å². The van der Waals surface area contributed by atoms with Crippen molar-refractivity contribution in [2.75, 3.05) is 6.54 Å². The third-order valence-electron chi connectivity index (χ3n) is 4.07. The maximum atomic E-state index is 12.4. The Balaban J connectivity index is 2.42. The molecule has 18 heavy (non-hydrogen) atoms. The number of carbonyl (C=O) groups excluding carboxylic acids is 1. The Hall–Kier alpha value is -0.570. The third-order valence-corrected chi connectivity index (χ3v) is 4.07. The molecular weight excluding hydrogens is 224 g/mol. The van der Waals surface area contributed by atoms with Gasteiger partial charge in [0.2, 0.25) is 5.91 Å². The average molecular weight is 254 g/mol. The molecule has 3 heteroatoms.